The molecule has 13 nitrogen and oxygen atoms in total. The van der Waals surface area contributed by atoms with Crippen LogP contribution >= 0.6 is 0 Å². The van der Waals surface area contributed by atoms with E-state index < -0.39 is 35.8 Å². The number of ketones is 1. The zero-order valence-corrected chi connectivity index (χ0v) is 32.0. The highest BCUT2D eigenvalue weighted by Crippen LogP contribution is 2.57. The van der Waals surface area contributed by atoms with Crippen molar-refractivity contribution in [1.29, 1.82) is 0 Å². The molecule has 0 spiro atoms. The summed E-state index contributed by atoms with van der Waals surface area (Å²) in [7, 11) is 4.41. The molecule has 0 radical (unpaired) electrons. The van der Waals surface area contributed by atoms with Gasteiger partial charge in [-0.1, -0.05) is 11.6 Å². The fourth-order valence-electron chi connectivity index (χ4n) is 10.0. The van der Waals surface area contributed by atoms with Gasteiger partial charge in [0.25, 0.3) is 0 Å². The molecule has 2 atom stereocenters. The molecule has 8 rings (SSSR count). The van der Waals surface area contributed by atoms with Gasteiger partial charge in [0.1, 0.15) is 29.1 Å². The normalized spacial score (nSPS) is 25.4. The number of phenolic OH excluding ortho intramolecular Hbond substituents is 2. The van der Waals surface area contributed by atoms with E-state index in [0.29, 0.717) is 123 Å². The van der Waals surface area contributed by atoms with Crippen LogP contribution in [0, 0.1) is 11.8 Å². The van der Waals surface area contributed by atoms with E-state index in [2.05, 4.69) is 5.32 Å². The molecule has 0 amide bonds. The summed E-state index contributed by atoms with van der Waals surface area (Å²) in [5, 5.41) is 62.7. The first kappa shape index (κ1) is 37.4. The lowest BCUT2D eigenvalue weighted by Gasteiger charge is -2.33. The van der Waals surface area contributed by atoms with E-state index in [9.17, 15) is 39.9 Å². The number of carboxylic acid groups (broad SMARTS) is 2. The van der Waals surface area contributed by atoms with Crippen LogP contribution in [0.5, 0.6) is 28.7 Å². The number of rotatable bonds is 9. The Morgan fingerprint density at radius 1 is 0.750 bits per heavy atom. The number of carboxylic acids is 2. The third-order valence-electron chi connectivity index (χ3n) is 12.6. The van der Waals surface area contributed by atoms with Gasteiger partial charge in [0.15, 0.2) is 11.5 Å². The van der Waals surface area contributed by atoms with Crippen molar-refractivity contribution in [3.05, 3.63) is 40.1 Å². The van der Waals surface area contributed by atoms with Gasteiger partial charge in [-0.05, 0) is 70.6 Å². The maximum absolute atomic E-state index is 13.8. The van der Waals surface area contributed by atoms with Crippen LogP contribution in [0.1, 0.15) is 88.4 Å². The summed E-state index contributed by atoms with van der Waals surface area (Å²) in [4.78, 5) is 42.7. The first-order valence-corrected chi connectivity index (χ1v) is 19.1. The quantitative estimate of drug-likeness (QED) is 0.0824. The van der Waals surface area contributed by atoms with Crippen LogP contribution in [0.2, 0.25) is 0 Å². The standard InChI is InChI=1S/C43H46N2O11/c1-17-14-23-29-34-30(39(48)38(23)45-22-12-8-20(9-13-22)43(52)53)24(44-21-10-6-19(7-11-21)42(50)51)15-26(54-3)32(34)33-27(55-4)16-25(47)31-36(33)35(29)37(28(17)18(2)46)41(56-5)40(31)49/h14-16,19-22,28,39,44,47-49H,6-13H2,1-5H3,(H,50,51)(H,52,53). The number of carbonyl (C=O) groups excluding carboxylic acids is 1. The predicted molar refractivity (Wildman–Crippen MR) is 211 cm³/mol. The Morgan fingerprint density at radius 3 is 1.89 bits per heavy atom. The average molecular weight is 767 g/mol. The van der Waals surface area contributed by atoms with Crippen LogP contribution in [-0.4, -0.2) is 82.4 Å². The van der Waals surface area contributed by atoms with Gasteiger partial charge < -0.3 is 45.1 Å². The molecule has 13 heteroatoms. The van der Waals surface area contributed by atoms with E-state index in [1.165, 1.54) is 34.3 Å². The number of hydrogen-bond donors (Lipinski definition) is 6. The molecule has 56 heavy (non-hydrogen) atoms. The van der Waals surface area contributed by atoms with E-state index in [-0.39, 0.29) is 46.3 Å². The number of phenols is 2. The van der Waals surface area contributed by atoms with Crippen molar-refractivity contribution < 1.29 is 54.1 Å². The van der Waals surface area contributed by atoms with Crippen LogP contribution < -0.4 is 24.7 Å². The number of benzene rings is 4. The molecule has 2 fully saturated rings. The Kier molecular flexibility index (Phi) is 9.26. The number of nitrogens with zero attached hydrogens (tertiary/aromatic N) is 1. The summed E-state index contributed by atoms with van der Waals surface area (Å²) >= 11 is 0. The molecule has 4 aromatic carbocycles. The van der Waals surface area contributed by atoms with Crippen LogP contribution in [0.15, 0.2) is 28.8 Å². The van der Waals surface area contributed by atoms with Gasteiger partial charge in [-0.2, -0.15) is 0 Å². The molecule has 0 bridgehead atoms. The molecule has 0 heterocycles. The summed E-state index contributed by atoms with van der Waals surface area (Å²) in [5.74, 6) is -3.57. The van der Waals surface area contributed by atoms with Gasteiger partial charge in [0.05, 0.1) is 56.2 Å². The highest BCUT2D eigenvalue weighted by Gasteiger charge is 2.41. The van der Waals surface area contributed by atoms with Crippen LogP contribution in [0.3, 0.4) is 0 Å². The molecule has 4 aliphatic rings. The number of methoxy groups -OCH3 is 3. The van der Waals surface area contributed by atoms with Crippen LogP contribution in [0.4, 0.5) is 5.69 Å². The molecule has 294 valence electrons. The number of allylic oxidation sites excluding steroid dienone is 2. The monoisotopic (exact) mass is 766 g/mol. The topological polar surface area (TPSA) is 204 Å². The third-order valence-corrected chi connectivity index (χ3v) is 12.6. The van der Waals surface area contributed by atoms with Crippen molar-refractivity contribution in [2.45, 2.75) is 89.3 Å². The van der Waals surface area contributed by atoms with Crippen molar-refractivity contribution in [2.24, 2.45) is 16.8 Å². The van der Waals surface area contributed by atoms with Crippen molar-refractivity contribution in [2.75, 3.05) is 26.6 Å². The predicted octanol–water partition coefficient (Wildman–Crippen LogP) is 6.27. The Morgan fingerprint density at radius 2 is 1.32 bits per heavy atom. The zero-order chi connectivity index (χ0) is 39.9. The molecule has 4 aliphatic carbocycles. The fourth-order valence-corrected chi connectivity index (χ4v) is 10.0. The minimum absolute atomic E-state index is 0.0265. The molecular formula is C43H46N2O11. The molecule has 4 aromatic rings. The number of aliphatic imine (C=N–C) groups is 1. The smallest absolute Gasteiger partial charge is 0.306 e. The summed E-state index contributed by atoms with van der Waals surface area (Å²) < 4.78 is 18.0. The third kappa shape index (κ3) is 5.53. The van der Waals surface area contributed by atoms with Crippen molar-refractivity contribution in [3.63, 3.8) is 0 Å². The average Bonchev–Trinajstić information content (AvgIpc) is 3.30. The van der Waals surface area contributed by atoms with Crippen molar-refractivity contribution in [3.8, 4) is 28.7 Å². The number of ether oxygens (including phenoxy) is 3. The van der Waals surface area contributed by atoms with Gasteiger partial charge in [-0.15, -0.1) is 0 Å². The second-order valence-corrected chi connectivity index (χ2v) is 15.7. The molecule has 6 N–H and O–H groups in total. The summed E-state index contributed by atoms with van der Waals surface area (Å²) in [6, 6.07) is 2.82. The molecule has 0 aromatic heterocycles. The van der Waals surface area contributed by atoms with Gasteiger partial charge >= 0.3 is 11.9 Å². The van der Waals surface area contributed by atoms with Gasteiger partial charge in [0.2, 0.25) is 0 Å². The van der Waals surface area contributed by atoms with E-state index in [0.717, 1.165) is 0 Å². The van der Waals surface area contributed by atoms with E-state index in [1.54, 1.807) is 0 Å². The number of aliphatic hydroxyl groups excluding tert-OH is 1. The number of aliphatic carboxylic acids is 2. The number of aromatic hydroxyl groups is 2. The van der Waals surface area contributed by atoms with Crippen LogP contribution in [0.25, 0.3) is 37.9 Å². The zero-order valence-electron chi connectivity index (χ0n) is 32.0. The number of hydrogen-bond acceptors (Lipinski definition) is 11. The molecule has 2 saturated carbocycles. The lowest BCUT2D eigenvalue weighted by molar-refractivity contribution is -0.143. The second-order valence-electron chi connectivity index (χ2n) is 15.7. The second kappa shape index (κ2) is 13.9. The molecule has 0 aliphatic heterocycles. The number of anilines is 1. The minimum Gasteiger partial charge on any atom is -0.507 e. The Labute approximate surface area is 322 Å². The van der Waals surface area contributed by atoms with Gasteiger partial charge in [0, 0.05) is 67.3 Å². The molecule has 2 unspecified atom stereocenters. The highest BCUT2D eigenvalue weighted by atomic mass is 16.5. The van der Waals surface area contributed by atoms with E-state index >= 15 is 0 Å². The fraction of sp³-hybridized carbons (Fsp3) is 0.442. The number of carbonyl (C=O) groups is 3. The van der Waals surface area contributed by atoms with E-state index in [4.69, 9.17) is 19.2 Å². The van der Waals surface area contributed by atoms with Gasteiger partial charge in [-0.25, -0.2) is 0 Å². The summed E-state index contributed by atoms with van der Waals surface area (Å²) in [6.45, 7) is 3.29. The first-order valence-electron chi connectivity index (χ1n) is 19.1. The highest BCUT2D eigenvalue weighted by molar-refractivity contribution is 6.36. The molecule has 0 saturated heterocycles. The SMILES string of the molecule is COc1c(O)c2c(O)cc(OC)c3c4c(OC)cc(NC5CCC(C(=O)O)CC5)c5c4c4c(c1C(C(C)=O)C(C)=CC=4C(=NC1CCC(C(=O)O)CC1)C5O)c23. The number of fused-ring (bicyclic) bond motifs is 1. The Bertz CT molecular complexity index is 2490. The first-order chi connectivity index (χ1) is 26.8. The van der Waals surface area contributed by atoms with Crippen molar-refractivity contribution in [1.82, 2.24) is 0 Å². The summed E-state index contributed by atoms with van der Waals surface area (Å²) in [6.07, 6.45) is 4.62. The minimum atomic E-state index is -1.30. The number of Topliss-reactive ketones (excluding diaryl/α,β-unsaturated/α-hetero) is 1. The van der Waals surface area contributed by atoms with Crippen molar-refractivity contribution >= 4 is 67.0 Å². The number of nitrogens with one attached hydrogen (secondary N) is 1. The largest absolute Gasteiger partial charge is 0.507 e. The lowest BCUT2D eigenvalue weighted by atomic mass is 9.78. The van der Waals surface area contributed by atoms with E-state index in [1.807, 2.05) is 19.1 Å². The Balaban J connectivity index is 1.56. The lowest BCUT2D eigenvalue weighted by Crippen LogP contribution is -2.33. The van der Waals surface area contributed by atoms with Crippen LogP contribution in [-0.2, 0) is 14.4 Å². The molecular weight excluding hydrogens is 720 g/mol. The Hall–Kier alpha value is -5.56. The maximum atomic E-state index is 13.8. The van der Waals surface area contributed by atoms with Gasteiger partial charge in [-0.3, -0.25) is 19.4 Å². The number of aliphatic hydroxyl groups is 1. The maximum Gasteiger partial charge on any atom is 0.306 e. The summed E-state index contributed by atoms with van der Waals surface area (Å²) in [5.41, 5.74) is 2.99.